The molecule has 29 heavy (non-hydrogen) atoms. The number of nitrogens with one attached hydrogen (secondary N) is 1. The predicted octanol–water partition coefficient (Wildman–Crippen LogP) is 2.72. The van der Waals surface area contributed by atoms with Gasteiger partial charge in [0.2, 0.25) is 5.91 Å². The number of ether oxygens (including phenoxy) is 1. The number of amides is 1. The van der Waals surface area contributed by atoms with Gasteiger partial charge in [-0.2, -0.15) is 4.98 Å². The molecule has 0 aliphatic carbocycles. The molecule has 152 valence electrons. The Morgan fingerprint density at radius 2 is 2.14 bits per heavy atom. The van der Waals surface area contributed by atoms with Crippen LogP contribution in [0.1, 0.15) is 31.0 Å². The summed E-state index contributed by atoms with van der Waals surface area (Å²) in [4.78, 5) is 23.6. The van der Waals surface area contributed by atoms with Crippen LogP contribution in [-0.2, 0) is 17.8 Å². The van der Waals surface area contributed by atoms with Crippen LogP contribution >= 0.6 is 0 Å². The molecule has 0 bridgehead atoms. The first-order chi connectivity index (χ1) is 14.2. The van der Waals surface area contributed by atoms with E-state index in [4.69, 9.17) is 9.26 Å². The minimum Gasteiger partial charge on any atom is -0.497 e. The number of aromatic nitrogens is 3. The molecule has 3 heterocycles. The summed E-state index contributed by atoms with van der Waals surface area (Å²) in [6.07, 6.45) is 4.03. The summed E-state index contributed by atoms with van der Waals surface area (Å²) in [6.45, 7) is 4.00. The van der Waals surface area contributed by atoms with Crippen LogP contribution in [0.15, 0.2) is 35.1 Å². The number of fused-ring (bicyclic) bond motifs is 1. The molecule has 1 N–H and O–H groups in total. The first kappa shape index (κ1) is 19.2. The number of hydrogen-bond donors (Lipinski definition) is 1. The molecule has 8 heteroatoms. The molecule has 1 saturated heterocycles. The van der Waals surface area contributed by atoms with Gasteiger partial charge < -0.3 is 19.5 Å². The van der Waals surface area contributed by atoms with Crippen molar-refractivity contribution < 1.29 is 14.1 Å². The fourth-order valence-corrected chi connectivity index (χ4v) is 3.77. The standard InChI is InChI=1S/C21H25N5O3/c1-3-17-18-19(23-13-24-21(18)29-25-17)26-10-4-5-15(12-26)20(27)22-11-14-6-8-16(28-2)9-7-14/h6-9,13,15H,3-5,10-12H2,1-2H3,(H,22,27)/t15-/m1/s1. The molecule has 1 amide bonds. The number of aryl methyl sites for hydroxylation is 1. The van der Waals surface area contributed by atoms with Crippen LogP contribution in [0, 0.1) is 5.92 Å². The molecular weight excluding hydrogens is 370 g/mol. The van der Waals surface area contributed by atoms with Gasteiger partial charge in [0.25, 0.3) is 5.71 Å². The highest BCUT2D eigenvalue weighted by atomic mass is 16.5. The second kappa shape index (κ2) is 8.46. The van der Waals surface area contributed by atoms with E-state index in [0.717, 1.165) is 54.0 Å². The minimum atomic E-state index is -0.0862. The Hall–Kier alpha value is -3.16. The summed E-state index contributed by atoms with van der Waals surface area (Å²) < 4.78 is 10.5. The lowest BCUT2D eigenvalue weighted by molar-refractivity contribution is -0.125. The van der Waals surface area contributed by atoms with E-state index < -0.39 is 0 Å². The van der Waals surface area contributed by atoms with E-state index in [1.54, 1.807) is 7.11 Å². The average molecular weight is 395 g/mol. The van der Waals surface area contributed by atoms with E-state index in [1.807, 2.05) is 31.2 Å². The lowest BCUT2D eigenvalue weighted by Gasteiger charge is -2.33. The molecule has 1 aliphatic rings. The van der Waals surface area contributed by atoms with E-state index in [-0.39, 0.29) is 11.8 Å². The molecule has 0 unspecified atom stereocenters. The van der Waals surface area contributed by atoms with Crippen molar-refractivity contribution in [2.24, 2.45) is 5.92 Å². The Labute approximate surface area is 169 Å². The highest BCUT2D eigenvalue weighted by Crippen LogP contribution is 2.30. The van der Waals surface area contributed by atoms with Crippen LogP contribution in [0.5, 0.6) is 5.75 Å². The van der Waals surface area contributed by atoms with Gasteiger partial charge in [-0.25, -0.2) is 4.98 Å². The van der Waals surface area contributed by atoms with Gasteiger partial charge in [-0.3, -0.25) is 4.79 Å². The number of anilines is 1. The molecule has 8 nitrogen and oxygen atoms in total. The van der Waals surface area contributed by atoms with E-state index in [1.165, 1.54) is 6.33 Å². The van der Waals surface area contributed by atoms with Gasteiger partial charge >= 0.3 is 0 Å². The van der Waals surface area contributed by atoms with Gasteiger partial charge in [0, 0.05) is 19.6 Å². The third-order valence-electron chi connectivity index (χ3n) is 5.38. The van der Waals surface area contributed by atoms with Crippen molar-refractivity contribution in [3.05, 3.63) is 41.9 Å². The Kier molecular flexibility index (Phi) is 5.59. The molecule has 0 spiro atoms. The molecule has 0 saturated carbocycles. The van der Waals surface area contributed by atoms with Crippen LogP contribution in [0.4, 0.5) is 5.82 Å². The Morgan fingerprint density at radius 1 is 1.31 bits per heavy atom. The number of benzene rings is 1. The zero-order valence-electron chi connectivity index (χ0n) is 16.7. The predicted molar refractivity (Wildman–Crippen MR) is 109 cm³/mol. The van der Waals surface area contributed by atoms with Gasteiger partial charge in [0.1, 0.15) is 23.3 Å². The molecule has 0 radical (unpaired) electrons. The number of carbonyl (C=O) groups excluding carboxylic acids is 1. The molecular formula is C21H25N5O3. The van der Waals surface area contributed by atoms with Gasteiger partial charge in [-0.15, -0.1) is 0 Å². The first-order valence-corrected chi connectivity index (χ1v) is 9.94. The largest absolute Gasteiger partial charge is 0.497 e. The third-order valence-corrected chi connectivity index (χ3v) is 5.38. The van der Waals surface area contributed by atoms with Crippen molar-refractivity contribution in [1.29, 1.82) is 0 Å². The third kappa shape index (κ3) is 4.01. The Balaban J connectivity index is 1.44. The molecule has 1 atom stereocenters. The Morgan fingerprint density at radius 3 is 2.90 bits per heavy atom. The minimum absolute atomic E-state index is 0.0665. The maximum atomic E-state index is 12.8. The van der Waals surface area contributed by atoms with Gasteiger partial charge in [0.05, 0.1) is 18.7 Å². The first-order valence-electron chi connectivity index (χ1n) is 9.94. The normalized spacial score (nSPS) is 16.8. The molecule has 4 rings (SSSR count). The zero-order chi connectivity index (χ0) is 20.2. The van der Waals surface area contributed by atoms with Crippen LogP contribution in [-0.4, -0.2) is 41.2 Å². The fraction of sp³-hybridized carbons (Fsp3) is 0.429. The van der Waals surface area contributed by atoms with Crippen molar-refractivity contribution in [3.8, 4) is 5.75 Å². The molecule has 1 aromatic carbocycles. The molecule has 2 aromatic heterocycles. The van der Waals surface area contributed by atoms with Crippen molar-refractivity contribution in [2.45, 2.75) is 32.7 Å². The van der Waals surface area contributed by atoms with Crippen molar-refractivity contribution in [1.82, 2.24) is 20.4 Å². The van der Waals surface area contributed by atoms with Crippen molar-refractivity contribution in [3.63, 3.8) is 0 Å². The summed E-state index contributed by atoms with van der Waals surface area (Å²) in [6, 6.07) is 7.72. The molecule has 1 aliphatic heterocycles. The van der Waals surface area contributed by atoms with Gasteiger partial charge in [-0.1, -0.05) is 24.2 Å². The summed E-state index contributed by atoms with van der Waals surface area (Å²) in [5, 5.41) is 8.03. The summed E-state index contributed by atoms with van der Waals surface area (Å²) in [7, 11) is 1.64. The van der Waals surface area contributed by atoms with Crippen molar-refractivity contribution in [2.75, 3.05) is 25.1 Å². The summed E-state index contributed by atoms with van der Waals surface area (Å²) in [5.74, 6) is 1.59. The van der Waals surface area contributed by atoms with E-state index in [9.17, 15) is 4.79 Å². The molecule has 3 aromatic rings. The number of nitrogens with zero attached hydrogens (tertiary/aromatic N) is 4. The van der Waals surface area contributed by atoms with Crippen LogP contribution in [0.2, 0.25) is 0 Å². The second-order valence-electron chi connectivity index (χ2n) is 7.21. The van der Waals surface area contributed by atoms with Crippen LogP contribution < -0.4 is 15.0 Å². The van der Waals surface area contributed by atoms with E-state index in [2.05, 4.69) is 25.3 Å². The van der Waals surface area contributed by atoms with E-state index >= 15 is 0 Å². The summed E-state index contributed by atoms with van der Waals surface area (Å²) >= 11 is 0. The SMILES string of the molecule is CCc1noc2ncnc(N3CCC[C@@H](C(=O)NCc4ccc(OC)cc4)C3)c12. The second-order valence-corrected chi connectivity index (χ2v) is 7.21. The number of piperidine rings is 1. The van der Waals surface area contributed by atoms with Crippen molar-refractivity contribution >= 4 is 22.8 Å². The highest BCUT2D eigenvalue weighted by molar-refractivity contribution is 5.88. The maximum Gasteiger partial charge on any atom is 0.263 e. The van der Waals surface area contributed by atoms with Gasteiger partial charge in [0.15, 0.2) is 0 Å². The van der Waals surface area contributed by atoms with Gasteiger partial charge in [-0.05, 0) is 37.0 Å². The van der Waals surface area contributed by atoms with Crippen LogP contribution in [0.25, 0.3) is 11.1 Å². The smallest absolute Gasteiger partial charge is 0.263 e. The number of hydrogen-bond acceptors (Lipinski definition) is 7. The topological polar surface area (TPSA) is 93.4 Å². The molecule has 1 fully saturated rings. The average Bonchev–Trinajstić information content (AvgIpc) is 3.21. The number of carbonyl (C=O) groups is 1. The number of rotatable bonds is 6. The fourth-order valence-electron chi connectivity index (χ4n) is 3.77. The lowest BCUT2D eigenvalue weighted by Crippen LogP contribution is -2.43. The quantitative estimate of drug-likeness (QED) is 0.686. The monoisotopic (exact) mass is 395 g/mol. The van der Waals surface area contributed by atoms with Crippen LogP contribution in [0.3, 0.4) is 0 Å². The zero-order valence-corrected chi connectivity index (χ0v) is 16.7. The lowest BCUT2D eigenvalue weighted by atomic mass is 9.96. The number of methoxy groups -OCH3 is 1. The highest BCUT2D eigenvalue weighted by Gasteiger charge is 2.28. The summed E-state index contributed by atoms with van der Waals surface area (Å²) in [5.41, 5.74) is 2.39. The Bertz CT molecular complexity index is 986. The maximum absolute atomic E-state index is 12.8. The van der Waals surface area contributed by atoms with E-state index in [0.29, 0.717) is 18.8 Å².